The van der Waals surface area contributed by atoms with Crippen LogP contribution < -0.4 is 10.6 Å². The van der Waals surface area contributed by atoms with Crippen LogP contribution >= 0.6 is 0 Å². The van der Waals surface area contributed by atoms with E-state index in [9.17, 15) is 12.8 Å². The Balaban J connectivity index is 1.48. The predicted molar refractivity (Wildman–Crippen MR) is 92.4 cm³/mol. The quantitative estimate of drug-likeness (QED) is 0.780. The van der Waals surface area contributed by atoms with E-state index in [1.807, 2.05) is 0 Å². The zero-order chi connectivity index (χ0) is 17.2. The van der Waals surface area contributed by atoms with Gasteiger partial charge >= 0.3 is 0 Å². The average Bonchev–Trinajstić information content (AvgIpc) is 3.07. The van der Waals surface area contributed by atoms with Gasteiger partial charge in [0.1, 0.15) is 16.0 Å². The topological polar surface area (TPSA) is 67.4 Å². The van der Waals surface area contributed by atoms with Crippen LogP contribution in [0.2, 0.25) is 0 Å². The molecule has 2 aliphatic heterocycles. The van der Waals surface area contributed by atoms with E-state index in [1.165, 1.54) is 6.26 Å². The second-order valence-corrected chi connectivity index (χ2v) is 10.1. The summed E-state index contributed by atoms with van der Waals surface area (Å²) in [5, 5.41) is 6.59. The van der Waals surface area contributed by atoms with Gasteiger partial charge in [0.2, 0.25) is 0 Å². The van der Waals surface area contributed by atoms with Gasteiger partial charge in [0.05, 0.1) is 17.5 Å². The van der Waals surface area contributed by atoms with Gasteiger partial charge in [0.15, 0.2) is 0 Å². The molecule has 4 unspecified atom stereocenters. The molecule has 3 rings (SSSR count). The summed E-state index contributed by atoms with van der Waals surface area (Å²) in [6.45, 7) is 1.52. The summed E-state index contributed by atoms with van der Waals surface area (Å²) in [4.78, 5) is 0. The maximum Gasteiger partial charge on any atom is 0.150 e. The Morgan fingerprint density at radius 1 is 1.12 bits per heavy atom. The second-order valence-electron chi connectivity index (χ2n) is 7.75. The molecular formula is C17H31FN2O3S. The highest BCUT2D eigenvalue weighted by Crippen LogP contribution is 2.33. The maximum absolute atomic E-state index is 14.2. The third kappa shape index (κ3) is 4.68. The number of piperidine rings is 1. The minimum absolute atomic E-state index is 0.181. The van der Waals surface area contributed by atoms with Crippen LogP contribution in [0.1, 0.15) is 51.4 Å². The number of sulfone groups is 1. The SMILES string of the molecule is CS(=O)(=O)C1CCC(C2CCC(F)C(NCC3CCCO3)N2)CC1. The van der Waals surface area contributed by atoms with Crippen LogP contribution in [0.4, 0.5) is 4.39 Å². The smallest absolute Gasteiger partial charge is 0.150 e. The minimum atomic E-state index is -2.92. The molecule has 0 aromatic heterocycles. The fourth-order valence-corrected chi connectivity index (χ4v) is 5.59. The highest BCUT2D eigenvalue weighted by Gasteiger charge is 2.37. The van der Waals surface area contributed by atoms with E-state index in [2.05, 4.69) is 10.6 Å². The Hall–Kier alpha value is -0.240. The van der Waals surface area contributed by atoms with E-state index in [0.29, 0.717) is 24.9 Å². The van der Waals surface area contributed by atoms with Gasteiger partial charge in [0, 0.05) is 25.4 Å². The van der Waals surface area contributed by atoms with E-state index in [-0.39, 0.29) is 17.5 Å². The van der Waals surface area contributed by atoms with E-state index in [0.717, 1.165) is 51.6 Å². The fraction of sp³-hybridized carbons (Fsp3) is 1.00. The van der Waals surface area contributed by atoms with E-state index < -0.39 is 16.0 Å². The molecule has 0 amide bonds. The zero-order valence-corrected chi connectivity index (χ0v) is 15.4. The lowest BCUT2D eigenvalue weighted by Gasteiger charge is -2.40. The van der Waals surface area contributed by atoms with Crippen molar-refractivity contribution in [3.8, 4) is 0 Å². The molecule has 140 valence electrons. The first-order valence-electron chi connectivity index (χ1n) is 9.37. The summed E-state index contributed by atoms with van der Waals surface area (Å²) in [6, 6.07) is 0.291. The number of hydrogen-bond acceptors (Lipinski definition) is 5. The summed E-state index contributed by atoms with van der Waals surface area (Å²) in [5.74, 6) is 0.461. The van der Waals surface area contributed by atoms with Gasteiger partial charge in [-0.15, -0.1) is 0 Å². The lowest BCUT2D eigenvalue weighted by atomic mass is 9.80. The summed E-state index contributed by atoms with van der Waals surface area (Å²) < 4.78 is 43.2. The van der Waals surface area contributed by atoms with Crippen LogP contribution in [0, 0.1) is 5.92 Å². The van der Waals surface area contributed by atoms with Crippen LogP contribution in [-0.4, -0.2) is 57.6 Å². The predicted octanol–water partition coefficient (Wildman–Crippen LogP) is 1.77. The molecule has 0 spiro atoms. The summed E-state index contributed by atoms with van der Waals surface area (Å²) in [5.41, 5.74) is 0. The first-order valence-corrected chi connectivity index (χ1v) is 11.3. The largest absolute Gasteiger partial charge is 0.377 e. The first kappa shape index (κ1) is 18.5. The van der Waals surface area contributed by atoms with Crippen molar-refractivity contribution in [3.05, 3.63) is 0 Å². The van der Waals surface area contributed by atoms with Crippen molar-refractivity contribution >= 4 is 9.84 Å². The summed E-state index contributed by atoms with van der Waals surface area (Å²) in [6.07, 6.45) is 7.28. The zero-order valence-electron chi connectivity index (χ0n) is 14.5. The van der Waals surface area contributed by atoms with Crippen LogP contribution in [0.5, 0.6) is 0 Å². The van der Waals surface area contributed by atoms with Gasteiger partial charge in [-0.05, 0) is 57.3 Å². The van der Waals surface area contributed by atoms with Crippen molar-refractivity contribution < 1.29 is 17.5 Å². The molecule has 1 aliphatic carbocycles. The highest BCUT2D eigenvalue weighted by atomic mass is 32.2. The van der Waals surface area contributed by atoms with Crippen molar-refractivity contribution in [3.63, 3.8) is 0 Å². The van der Waals surface area contributed by atoms with Crippen molar-refractivity contribution in [1.82, 2.24) is 10.6 Å². The average molecular weight is 363 g/mol. The molecule has 0 aromatic rings. The molecule has 4 atom stereocenters. The standard InChI is InChI=1S/C17H31FN2O3S/c1-24(21,22)14-6-4-12(5-7-14)16-9-8-15(18)17(20-16)19-11-13-3-2-10-23-13/h12-17,19-20H,2-11H2,1H3. The number of alkyl halides is 1. The van der Waals surface area contributed by atoms with Crippen molar-refractivity contribution in [2.75, 3.05) is 19.4 Å². The fourth-order valence-electron chi connectivity index (χ4n) is 4.47. The number of halogens is 1. The molecule has 0 aromatic carbocycles. The number of nitrogens with one attached hydrogen (secondary N) is 2. The Morgan fingerprint density at radius 2 is 1.88 bits per heavy atom. The van der Waals surface area contributed by atoms with E-state index >= 15 is 0 Å². The Bertz CT molecular complexity index is 502. The van der Waals surface area contributed by atoms with Crippen LogP contribution in [0.15, 0.2) is 0 Å². The molecule has 0 radical (unpaired) electrons. The van der Waals surface area contributed by atoms with Crippen molar-refractivity contribution in [1.29, 1.82) is 0 Å². The molecule has 3 fully saturated rings. The van der Waals surface area contributed by atoms with Crippen LogP contribution in [0.3, 0.4) is 0 Å². The molecule has 24 heavy (non-hydrogen) atoms. The minimum Gasteiger partial charge on any atom is -0.377 e. The Kier molecular flexibility index (Phi) is 6.16. The summed E-state index contributed by atoms with van der Waals surface area (Å²) in [7, 11) is -2.92. The lowest BCUT2D eigenvalue weighted by Crippen LogP contribution is -2.59. The van der Waals surface area contributed by atoms with Crippen LogP contribution in [-0.2, 0) is 14.6 Å². The molecule has 5 nitrogen and oxygen atoms in total. The third-order valence-electron chi connectivity index (χ3n) is 5.99. The number of rotatable bonds is 5. The molecule has 1 saturated carbocycles. The van der Waals surface area contributed by atoms with Gasteiger partial charge in [-0.1, -0.05) is 0 Å². The molecule has 7 heteroatoms. The van der Waals surface area contributed by atoms with Gasteiger partial charge in [-0.2, -0.15) is 0 Å². The first-order chi connectivity index (χ1) is 11.4. The Morgan fingerprint density at radius 3 is 2.50 bits per heavy atom. The molecule has 3 aliphatic rings. The van der Waals surface area contributed by atoms with Gasteiger partial charge in [0.25, 0.3) is 0 Å². The molecular weight excluding hydrogens is 331 g/mol. The number of hydrogen-bond donors (Lipinski definition) is 2. The van der Waals surface area contributed by atoms with E-state index in [1.54, 1.807) is 0 Å². The molecule has 2 saturated heterocycles. The monoisotopic (exact) mass is 362 g/mol. The summed E-state index contributed by atoms with van der Waals surface area (Å²) >= 11 is 0. The molecule has 2 N–H and O–H groups in total. The van der Waals surface area contributed by atoms with Crippen molar-refractivity contribution in [2.45, 2.75) is 81.1 Å². The van der Waals surface area contributed by atoms with Crippen LogP contribution in [0.25, 0.3) is 0 Å². The van der Waals surface area contributed by atoms with Gasteiger partial charge in [-0.3, -0.25) is 10.6 Å². The van der Waals surface area contributed by atoms with Gasteiger partial charge < -0.3 is 4.74 Å². The lowest BCUT2D eigenvalue weighted by molar-refractivity contribution is 0.0785. The van der Waals surface area contributed by atoms with Crippen molar-refractivity contribution in [2.24, 2.45) is 5.92 Å². The third-order valence-corrected chi connectivity index (χ3v) is 7.67. The molecule has 2 heterocycles. The normalized spacial score (nSPS) is 41.4. The van der Waals surface area contributed by atoms with Gasteiger partial charge in [-0.25, -0.2) is 12.8 Å². The highest BCUT2D eigenvalue weighted by molar-refractivity contribution is 7.91. The molecule has 0 bridgehead atoms. The second kappa shape index (κ2) is 7.98. The van der Waals surface area contributed by atoms with E-state index in [4.69, 9.17) is 4.74 Å². The Labute approximate surface area is 145 Å². The maximum atomic E-state index is 14.2. The number of ether oxygens (including phenoxy) is 1.